The molecule has 7 nitrogen and oxygen atoms in total. The SMILES string of the molecule is CC(C)(CNCc1cn(CCCO)nn1)N1CCOCC1. The summed E-state index contributed by atoms with van der Waals surface area (Å²) in [6, 6.07) is 0. The Morgan fingerprint density at radius 3 is 2.86 bits per heavy atom. The van der Waals surface area contributed by atoms with Gasteiger partial charge in [-0.2, -0.15) is 0 Å². The van der Waals surface area contributed by atoms with E-state index in [9.17, 15) is 0 Å². The van der Waals surface area contributed by atoms with Crippen molar-refractivity contribution in [2.75, 3.05) is 39.5 Å². The zero-order chi connectivity index (χ0) is 15.1. The molecule has 1 saturated heterocycles. The Bertz CT molecular complexity index is 415. The number of hydrogen-bond donors (Lipinski definition) is 2. The smallest absolute Gasteiger partial charge is 0.0964 e. The minimum absolute atomic E-state index is 0.108. The van der Waals surface area contributed by atoms with Crippen LogP contribution in [0.5, 0.6) is 0 Å². The van der Waals surface area contributed by atoms with E-state index in [1.54, 1.807) is 4.68 Å². The van der Waals surface area contributed by atoms with Crippen LogP contribution in [-0.4, -0.2) is 70.0 Å². The highest BCUT2D eigenvalue weighted by atomic mass is 16.5. The molecule has 0 amide bonds. The summed E-state index contributed by atoms with van der Waals surface area (Å²) in [5.41, 5.74) is 1.04. The van der Waals surface area contributed by atoms with Crippen LogP contribution in [-0.2, 0) is 17.8 Å². The number of aromatic nitrogens is 3. The van der Waals surface area contributed by atoms with E-state index in [2.05, 4.69) is 34.4 Å². The summed E-state index contributed by atoms with van der Waals surface area (Å²) in [6.45, 7) is 10.6. The van der Waals surface area contributed by atoms with Gasteiger partial charge in [-0.1, -0.05) is 5.21 Å². The molecule has 0 bridgehead atoms. The minimum atomic E-state index is 0.108. The topological polar surface area (TPSA) is 75.4 Å². The van der Waals surface area contributed by atoms with Crippen molar-refractivity contribution in [3.63, 3.8) is 0 Å². The molecule has 0 aromatic carbocycles. The molecule has 2 N–H and O–H groups in total. The van der Waals surface area contributed by atoms with Gasteiger partial charge in [0.15, 0.2) is 0 Å². The van der Waals surface area contributed by atoms with E-state index in [0.717, 1.165) is 38.5 Å². The van der Waals surface area contributed by atoms with Crippen LogP contribution in [0.25, 0.3) is 0 Å². The fourth-order valence-corrected chi connectivity index (χ4v) is 2.54. The minimum Gasteiger partial charge on any atom is -0.396 e. The van der Waals surface area contributed by atoms with Crippen molar-refractivity contribution in [3.8, 4) is 0 Å². The summed E-state index contributed by atoms with van der Waals surface area (Å²) >= 11 is 0. The van der Waals surface area contributed by atoms with E-state index in [0.29, 0.717) is 19.5 Å². The second kappa shape index (κ2) is 7.84. The molecule has 0 unspecified atom stereocenters. The summed E-state index contributed by atoms with van der Waals surface area (Å²) in [5.74, 6) is 0. The van der Waals surface area contributed by atoms with Crippen LogP contribution >= 0.6 is 0 Å². The maximum absolute atomic E-state index is 8.80. The molecule has 0 saturated carbocycles. The molecule has 2 heterocycles. The molecule has 0 radical (unpaired) electrons. The fraction of sp³-hybridized carbons (Fsp3) is 0.857. The number of hydrogen-bond acceptors (Lipinski definition) is 6. The number of aliphatic hydroxyl groups is 1. The molecule has 1 aromatic rings. The van der Waals surface area contributed by atoms with Crippen LogP contribution in [0.15, 0.2) is 6.20 Å². The standard InChI is InChI=1S/C14H27N5O2/c1-14(2,18-5-8-21-9-6-18)12-15-10-13-11-19(17-16-13)4-3-7-20/h11,15,20H,3-10,12H2,1-2H3. The molecule has 0 spiro atoms. The first-order valence-electron chi connectivity index (χ1n) is 7.65. The molecule has 1 aliphatic heterocycles. The number of rotatable bonds is 8. The number of morpholine rings is 1. The van der Waals surface area contributed by atoms with E-state index in [1.807, 2.05) is 6.20 Å². The summed E-state index contributed by atoms with van der Waals surface area (Å²) in [4.78, 5) is 2.46. The number of nitrogens with one attached hydrogen (secondary N) is 1. The Balaban J connectivity index is 1.73. The number of nitrogens with zero attached hydrogens (tertiary/aromatic N) is 4. The van der Waals surface area contributed by atoms with Gasteiger partial charge in [-0.05, 0) is 20.3 Å². The van der Waals surface area contributed by atoms with Gasteiger partial charge in [-0.3, -0.25) is 9.58 Å². The zero-order valence-corrected chi connectivity index (χ0v) is 13.1. The lowest BCUT2D eigenvalue weighted by molar-refractivity contribution is -0.00968. The monoisotopic (exact) mass is 297 g/mol. The van der Waals surface area contributed by atoms with Crippen molar-refractivity contribution < 1.29 is 9.84 Å². The molecule has 0 atom stereocenters. The van der Waals surface area contributed by atoms with Gasteiger partial charge in [0.05, 0.1) is 18.9 Å². The van der Waals surface area contributed by atoms with E-state index in [1.165, 1.54) is 0 Å². The van der Waals surface area contributed by atoms with Gasteiger partial charge in [0.25, 0.3) is 0 Å². The Morgan fingerprint density at radius 2 is 2.14 bits per heavy atom. The first-order chi connectivity index (χ1) is 10.1. The van der Waals surface area contributed by atoms with Gasteiger partial charge >= 0.3 is 0 Å². The lowest BCUT2D eigenvalue weighted by Crippen LogP contribution is -2.54. The number of aryl methyl sites for hydroxylation is 1. The van der Waals surface area contributed by atoms with Crippen LogP contribution in [0.4, 0.5) is 0 Å². The molecule has 1 fully saturated rings. The van der Waals surface area contributed by atoms with Crippen LogP contribution in [0.2, 0.25) is 0 Å². The van der Waals surface area contributed by atoms with Crippen molar-refractivity contribution >= 4 is 0 Å². The molecule has 0 aliphatic carbocycles. The third-order valence-corrected chi connectivity index (χ3v) is 3.86. The molecular formula is C14H27N5O2. The molecule has 7 heteroatoms. The average molecular weight is 297 g/mol. The quantitative estimate of drug-likeness (QED) is 0.696. The lowest BCUT2D eigenvalue weighted by Gasteiger charge is -2.41. The maximum atomic E-state index is 8.80. The first-order valence-corrected chi connectivity index (χ1v) is 7.65. The number of aliphatic hydroxyl groups excluding tert-OH is 1. The van der Waals surface area contributed by atoms with Crippen molar-refractivity contribution in [1.29, 1.82) is 0 Å². The van der Waals surface area contributed by atoms with Gasteiger partial charge in [-0.15, -0.1) is 5.10 Å². The Kier molecular flexibility index (Phi) is 6.10. The van der Waals surface area contributed by atoms with Gasteiger partial charge in [0.2, 0.25) is 0 Å². The van der Waals surface area contributed by atoms with E-state index >= 15 is 0 Å². The molecule has 1 aromatic heterocycles. The van der Waals surface area contributed by atoms with Crippen LogP contribution in [0, 0.1) is 0 Å². The van der Waals surface area contributed by atoms with Gasteiger partial charge < -0.3 is 15.2 Å². The number of ether oxygens (including phenoxy) is 1. The fourth-order valence-electron chi connectivity index (χ4n) is 2.54. The van der Waals surface area contributed by atoms with Crippen LogP contribution in [0.3, 0.4) is 0 Å². The van der Waals surface area contributed by atoms with Gasteiger partial charge in [0.1, 0.15) is 0 Å². The maximum Gasteiger partial charge on any atom is 0.0964 e. The van der Waals surface area contributed by atoms with Crippen molar-refractivity contribution in [2.45, 2.75) is 38.9 Å². The highest BCUT2D eigenvalue weighted by Crippen LogP contribution is 2.15. The average Bonchev–Trinajstić information content (AvgIpc) is 2.94. The molecule has 1 aliphatic rings. The Labute approximate surface area is 126 Å². The van der Waals surface area contributed by atoms with E-state index in [-0.39, 0.29) is 12.1 Å². The van der Waals surface area contributed by atoms with Crippen molar-refractivity contribution in [2.24, 2.45) is 0 Å². The Morgan fingerprint density at radius 1 is 1.38 bits per heavy atom. The van der Waals surface area contributed by atoms with E-state index in [4.69, 9.17) is 9.84 Å². The van der Waals surface area contributed by atoms with E-state index < -0.39 is 0 Å². The predicted molar refractivity (Wildman–Crippen MR) is 79.9 cm³/mol. The molecule has 120 valence electrons. The third kappa shape index (κ3) is 5.03. The Hall–Kier alpha value is -1.02. The first kappa shape index (κ1) is 16.4. The highest BCUT2D eigenvalue weighted by Gasteiger charge is 2.27. The van der Waals surface area contributed by atoms with Crippen molar-refractivity contribution in [1.82, 2.24) is 25.2 Å². The molecule has 2 rings (SSSR count). The van der Waals surface area contributed by atoms with Crippen LogP contribution < -0.4 is 5.32 Å². The summed E-state index contributed by atoms with van der Waals surface area (Å²) in [6.07, 6.45) is 2.64. The van der Waals surface area contributed by atoms with Gasteiger partial charge in [0, 0.05) is 51.1 Å². The van der Waals surface area contributed by atoms with Crippen LogP contribution in [0.1, 0.15) is 26.0 Å². The molecule has 21 heavy (non-hydrogen) atoms. The normalized spacial score (nSPS) is 17.3. The summed E-state index contributed by atoms with van der Waals surface area (Å²) in [7, 11) is 0. The second-order valence-electron chi connectivity index (χ2n) is 6.07. The summed E-state index contributed by atoms with van der Waals surface area (Å²) < 4.78 is 7.18. The van der Waals surface area contributed by atoms with Gasteiger partial charge in [-0.25, -0.2) is 0 Å². The zero-order valence-electron chi connectivity index (χ0n) is 13.1. The summed E-state index contributed by atoms with van der Waals surface area (Å²) in [5, 5.41) is 20.4. The highest BCUT2D eigenvalue weighted by molar-refractivity contribution is 4.93. The molecular weight excluding hydrogens is 270 g/mol. The third-order valence-electron chi connectivity index (χ3n) is 3.86. The largest absolute Gasteiger partial charge is 0.396 e. The predicted octanol–water partition coefficient (Wildman–Crippen LogP) is -0.139. The van der Waals surface area contributed by atoms with Crippen molar-refractivity contribution in [3.05, 3.63) is 11.9 Å². The second-order valence-corrected chi connectivity index (χ2v) is 6.07. The lowest BCUT2D eigenvalue weighted by atomic mass is 10.0.